The zero-order chi connectivity index (χ0) is 31.5. The quantitative estimate of drug-likeness (QED) is 0.220. The smallest absolute Gasteiger partial charge is 0.339 e. The van der Waals surface area contributed by atoms with Crippen molar-refractivity contribution in [3.05, 3.63) is 94.2 Å². The van der Waals surface area contributed by atoms with E-state index >= 15 is 0 Å². The number of methoxy groups -OCH3 is 2. The van der Waals surface area contributed by atoms with Crippen molar-refractivity contribution in [3.8, 4) is 11.5 Å². The number of nitrogens with zero attached hydrogens (tertiary/aromatic N) is 1. The number of benzene rings is 3. The van der Waals surface area contributed by atoms with Gasteiger partial charge in [-0.2, -0.15) is 0 Å². The highest BCUT2D eigenvalue weighted by molar-refractivity contribution is 6.07. The van der Waals surface area contributed by atoms with E-state index in [0.29, 0.717) is 40.1 Å². The van der Waals surface area contributed by atoms with Crippen LogP contribution in [0.3, 0.4) is 0 Å². The number of carbonyl (C=O) groups excluding carboxylic acids is 4. The van der Waals surface area contributed by atoms with Crippen LogP contribution in [0.2, 0.25) is 0 Å². The standard InChI is InChI=1S/C34H28N2O9/c1-41-32(38)21-14-22(33(39)42-2)16-23(15-21)35-29(37)17-43-34(40)30-24-7-3-4-9-26(24)36-31-20(6-5-8-25(30)31)12-19-10-11-27-28(13-19)45-18-44-27/h3-4,7,9-16H,5-6,8,17-18H2,1-2H3,(H,35,37)/b20-12+. The number of ether oxygens (including phenoxy) is 5. The first-order valence-electron chi connectivity index (χ1n) is 14.2. The highest BCUT2D eigenvalue weighted by Crippen LogP contribution is 2.38. The molecule has 3 aromatic carbocycles. The first-order valence-corrected chi connectivity index (χ1v) is 14.2. The molecule has 0 saturated heterocycles. The van der Waals surface area contributed by atoms with Crippen molar-refractivity contribution in [2.24, 2.45) is 0 Å². The second-order valence-electron chi connectivity index (χ2n) is 10.4. The minimum absolute atomic E-state index is 0.0344. The molecule has 1 N–H and O–H groups in total. The summed E-state index contributed by atoms with van der Waals surface area (Å²) in [4.78, 5) is 55.7. The van der Waals surface area contributed by atoms with Crippen molar-refractivity contribution in [2.75, 3.05) is 32.9 Å². The van der Waals surface area contributed by atoms with Crippen LogP contribution in [0, 0.1) is 0 Å². The first kappa shape index (κ1) is 29.4. The maximum atomic E-state index is 13.6. The molecule has 228 valence electrons. The Morgan fingerprint density at radius 1 is 0.867 bits per heavy atom. The number of anilines is 1. The van der Waals surface area contributed by atoms with Gasteiger partial charge in [0.1, 0.15) is 0 Å². The summed E-state index contributed by atoms with van der Waals surface area (Å²) in [6.07, 6.45) is 4.21. The number of amides is 1. The summed E-state index contributed by atoms with van der Waals surface area (Å²) in [6, 6.07) is 17.0. The fourth-order valence-corrected chi connectivity index (χ4v) is 5.48. The molecule has 0 atom stereocenters. The number of aromatic nitrogens is 1. The van der Waals surface area contributed by atoms with Crippen LogP contribution >= 0.6 is 0 Å². The molecule has 0 fully saturated rings. The molecule has 1 aliphatic heterocycles. The maximum absolute atomic E-state index is 13.6. The van der Waals surface area contributed by atoms with E-state index < -0.39 is 30.4 Å². The van der Waals surface area contributed by atoms with Crippen molar-refractivity contribution in [1.29, 1.82) is 0 Å². The molecule has 0 spiro atoms. The fraction of sp³-hybridized carbons (Fsp3) is 0.206. The Kier molecular flexibility index (Phi) is 8.15. The molecule has 45 heavy (non-hydrogen) atoms. The summed E-state index contributed by atoms with van der Waals surface area (Å²) in [5.41, 5.74) is 4.55. The van der Waals surface area contributed by atoms with Gasteiger partial charge in [-0.25, -0.2) is 19.4 Å². The van der Waals surface area contributed by atoms with Crippen LogP contribution in [0.15, 0.2) is 60.7 Å². The summed E-state index contributed by atoms with van der Waals surface area (Å²) in [7, 11) is 2.39. The average Bonchev–Trinajstić information content (AvgIpc) is 3.53. The van der Waals surface area contributed by atoms with Crippen LogP contribution in [0.25, 0.3) is 22.6 Å². The minimum atomic E-state index is -0.705. The number of esters is 3. The number of rotatable bonds is 7. The van der Waals surface area contributed by atoms with E-state index in [9.17, 15) is 19.2 Å². The largest absolute Gasteiger partial charge is 0.465 e. The zero-order valence-corrected chi connectivity index (χ0v) is 24.5. The van der Waals surface area contributed by atoms with Crippen LogP contribution in [0.4, 0.5) is 5.69 Å². The lowest BCUT2D eigenvalue weighted by atomic mass is 9.86. The van der Waals surface area contributed by atoms with Crippen molar-refractivity contribution < 1.29 is 42.9 Å². The summed E-state index contributed by atoms with van der Waals surface area (Å²) in [6.45, 7) is -0.427. The SMILES string of the molecule is COC(=O)c1cc(NC(=O)COC(=O)c2c3c(nc4ccccc24)/C(=C/c2ccc4c(c2)OCO4)CCC3)cc(C(=O)OC)c1. The van der Waals surface area contributed by atoms with E-state index in [4.69, 9.17) is 28.7 Å². The average molecular weight is 609 g/mol. The molecule has 0 bridgehead atoms. The van der Waals surface area contributed by atoms with Gasteiger partial charge in [0.25, 0.3) is 5.91 Å². The van der Waals surface area contributed by atoms with Gasteiger partial charge in [0.05, 0.1) is 42.1 Å². The predicted molar refractivity (Wildman–Crippen MR) is 163 cm³/mol. The Balaban J connectivity index is 1.26. The Morgan fingerprint density at radius 2 is 1.60 bits per heavy atom. The summed E-state index contributed by atoms with van der Waals surface area (Å²) in [5.74, 6) is -1.37. The van der Waals surface area contributed by atoms with Gasteiger partial charge in [-0.05, 0) is 78.4 Å². The Bertz CT molecular complexity index is 1860. The number of allylic oxidation sites excluding steroid dienone is 1. The molecular weight excluding hydrogens is 580 g/mol. The number of fused-ring (bicyclic) bond motifs is 3. The molecule has 6 rings (SSSR count). The molecule has 2 heterocycles. The number of hydrogen-bond donors (Lipinski definition) is 1. The molecule has 2 aliphatic rings. The Labute approximate surface area is 257 Å². The van der Waals surface area contributed by atoms with Gasteiger partial charge in [-0.3, -0.25) is 4.79 Å². The molecule has 1 aliphatic carbocycles. The predicted octanol–water partition coefficient (Wildman–Crippen LogP) is 5.21. The number of carbonyl (C=O) groups is 4. The highest BCUT2D eigenvalue weighted by atomic mass is 16.7. The van der Waals surface area contributed by atoms with Gasteiger partial charge in [0, 0.05) is 11.1 Å². The van der Waals surface area contributed by atoms with Crippen molar-refractivity contribution in [1.82, 2.24) is 4.98 Å². The van der Waals surface area contributed by atoms with Crippen molar-refractivity contribution in [3.63, 3.8) is 0 Å². The van der Waals surface area contributed by atoms with Gasteiger partial charge in [0.2, 0.25) is 6.79 Å². The Morgan fingerprint density at radius 3 is 2.36 bits per heavy atom. The Hall–Kier alpha value is -5.71. The maximum Gasteiger partial charge on any atom is 0.339 e. The van der Waals surface area contributed by atoms with Gasteiger partial charge in [0.15, 0.2) is 18.1 Å². The molecule has 4 aromatic rings. The molecule has 0 saturated carbocycles. The number of para-hydroxylation sites is 1. The van der Waals surface area contributed by atoms with Crippen molar-refractivity contribution in [2.45, 2.75) is 19.3 Å². The molecule has 11 nitrogen and oxygen atoms in total. The molecule has 0 unspecified atom stereocenters. The van der Waals surface area contributed by atoms with Crippen LogP contribution in [-0.4, -0.2) is 56.4 Å². The third kappa shape index (κ3) is 6.05. The van der Waals surface area contributed by atoms with E-state index in [1.807, 2.05) is 48.5 Å². The monoisotopic (exact) mass is 608 g/mol. The minimum Gasteiger partial charge on any atom is -0.465 e. The highest BCUT2D eigenvalue weighted by Gasteiger charge is 2.27. The lowest BCUT2D eigenvalue weighted by molar-refractivity contribution is -0.119. The zero-order valence-electron chi connectivity index (χ0n) is 24.5. The van der Waals surface area contributed by atoms with E-state index in [1.54, 1.807) is 0 Å². The van der Waals surface area contributed by atoms with E-state index in [0.717, 1.165) is 29.5 Å². The third-order valence-electron chi connectivity index (χ3n) is 7.51. The number of nitrogens with one attached hydrogen (secondary N) is 1. The summed E-state index contributed by atoms with van der Waals surface area (Å²) < 4.78 is 26.0. The second-order valence-corrected chi connectivity index (χ2v) is 10.4. The number of pyridine rings is 1. The lowest BCUT2D eigenvalue weighted by Gasteiger charge is -2.22. The van der Waals surface area contributed by atoms with Crippen LogP contribution in [-0.2, 0) is 25.4 Å². The summed E-state index contributed by atoms with van der Waals surface area (Å²) >= 11 is 0. The van der Waals surface area contributed by atoms with Gasteiger partial charge in [-0.1, -0.05) is 24.3 Å². The van der Waals surface area contributed by atoms with Crippen LogP contribution < -0.4 is 14.8 Å². The first-order chi connectivity index (χ1) is 21.8. The van der Waals surface area contributed by atoms with Gasteiger partial charge >= 0.3 is 17.9 Å². The molecule has 0 radical (unpaired) electrons. The lowest BCUT2D eigenvalue weighted by Crippen LogP contribution is -2.23. The van der Waals surface area contributed by atoms with Gasteiger partial charge in [-0.15, -0.1) is 0 Å². The van der Waals surface area contributed by atoms with Gasteiger partial charge < -0.3 is 29.0 Å². The molecular formula is C34H28N2O9. The van der Waals surface area contributed by atoms with E-state index in [-0.39, 0.29) is 23.6 Å². The van der Waals surface area contributed by atoms with E-state index in [1.165, 1.54) is 32.4 Å². The number of hydrogen-bond acceptors (Lipinski definition) is 10. The topological polar surface area (TPSA) is 139 Å². The van der Waals surface area contributed by atoms with Crippen LogP contribution in [0.5, 0.6) is 11.5 Å². The molecule has 1 amide bonds. The van der Waals surface area contributed by atoms with E-state index in [2.05, 4.69) is 5.32 Å². The second kappa shape index (κ2) is 12.5. The van der Waals surface area contributed by atoms with Crippen LogP contribution in [0.1, 0.15) is 60.7 Å². The molecule has 11 heteroatoms. The fourth-order valence-electron chi connectivity index (χ4n) is 5.48. The van der Waals surface area contributed by atoms with Crippen molar-refractivity contribution >= 4 is 52.1 Å². The third-order valence-corrected chi connectivity index (χ3v) is 7.51. The normalized spacial score (nSPS) is 14.0. The summed E-state index contributed by atoms with van der Waals surface area (Å²) in [5, 5.41) is 3.19. The molecule has 1 aromatic heterocycles.